The van der Waals surface area contributed by atoms with Crippen LogP contribution in [0.2, 0.25) is 0 Å². The maximum absolute atomic E-state index is 12.7. The molecule has 1 aromatic carbocycles. The van der Waals surface area contributed by atoms with Gasteiger partial charge in [-0.15, -0.1) is 0 Å². The molecule has 3 rings (SSSR count). The molecule has 128 valence electrons. The van der Waals surface area contributed by atoms with Crippen LogP contribution >= 0.6 is 0 Å². The number of aryl methyl sites for hydroxylation is 3. The van der Waals surface area contributed by atoms with E-state index in [2.05, 4.69) is 12.1 Å². The molecule has 0 aliphatic carbocycles. The zero-order valence-electron chi connectivity index (χ0n) is 14.5. The van der Waals surface area contributed by atoms with Crippen LogP contribution in [0, 0.1) is 26.7 Å². The number of amides is 1. The number of ether oxygens (including phenoxy) is 1. The molecule has 5 nitrogen and oxygen atoms in total. The van der Waals surface area contributed by atoms with Crippen LogP contribution in [0.15, 0.2) is 28.8 Å². The smallest absolute Gasteiger partial charge is 0.259 e. The van der Waals surface area contributed by atoms with E-state index < -0.39 is 0 Å². The minimum absolute atomic E-state index is 0.0197. The third-order valence-electron chi connectivity index (χ3n) is 4.56. The number of likely N-dealkylation sites (tertiary alicyclic amines) is 1. The topological polar surface area (TPSA) is 55.6 Å². The zero-order valence-corrected chi connectivity index (χ0v) is 14.5. The highest BCUT2D eigenvalue weighted by molar-refractivity contribution is 5.96. The third kappa shape index (κ3) is 3.61. The van der Waals surface area contributed by atoms with Gasteiger partial charge in [0.15, 0.2) is 0 Å². The van der Waals surface area contributed by atoms with Crippen LogP contribution < -0.4 is 4.74 Å². The molecule has 1 saturated heterocycles. The van der Waals surface area contributed by atoms with Crippen molar-refractivity contribution < 1.29 is 14.1 Å². The van der Waals surface area contributed by atoms with Crippen molar-refractivity contribution in [1.29, 1.82) is 0 Å². The highest BCUT2D eigenvalue weighted by Gasteiger charge is 2.28. The van der Waals surface area contributed by atoms with Gasteiger partial charge in [0, 0.05) is 19.0 Å². The molecule has 24 heavy (non-hydrogen) atoms. The van der Waals surface area contributed by atoms with Crippen molar-refractivity contribution in [3.05, 3.63) is 46.8 Å². The first kappa shape index (κ1) is 16.6. The van der Waals surface area contributed by atoms with Crippen LogP contribution in [-0.2, 0) is 0 Å². The van der Waals surface area contributed by atoms with Gasteiger partial charge in [-0.2, -0.15) is 0 Å². The summed E-state index contributed by atoms with van der Waals surface area (Å²) in [6.45, 7) is 7.79. The molecular formula is C19H24N2O3. The predicted molar refractivity (Wildman–Crippen MR) is 91.3 cm³/mol. The molecule has 1 aromatic heterocycles. The first-order valence-electron chi connectivity index (χ1n) is 8.46. The summed E-state index contributed by atoms with van der Waals surface area (Å²) in [7, 11) is 0. The van der Waals surface area contributed by atoms with Crippen molar-refractivity contribution in [2.45, 2.75) is 33.6 Å². The number of hydrogen-bond acceptors (Lipinski definition) is 4. The van der Waals surface area contributed by atoms with Crippen LogP contribution in [0.3, 0.4) is 0 Å². The normalized spacial score (nSPS) is 17.8. The van der Waals surface area contributed by atoms with Crippen molar-refractivity contribution in [2.24, 2.45) is 5.92 Å². The molecule has 1 aliphatic rings. The first-order valence-corrected chi connectivity index (χ1v) is 8.46. The lowest BCUT2D eigenvalue weighted by atomic mass is 9.98. The summed E-state index contributed by atoms with van der Waals surface area (Å²) in [6.07, 6.45) is 2.08. The van der Waals surface area contributed by atoms with E-state index in [4.69, 9.17) is 9.26 Å². The standard InChI is InChI=1S/C19H24N2O3/c1-13-6-8-17(9-7-13)23-12-16-5-4-10-21(11-16)19(22)18-14(2)20-24-15(18)3/h6-9,16H,4-5,10-12H2,1-3H3. The fourth-order valence-electron chi connectivity index (χ4n) is 3.18. The molecule has 0 radical (unpaired) electrons. The molecule has 2 heterocycles. The Morgan fingerprint density at radius 1 is 1.29 bits per heavy atom. The van der Waals surface area contributed by atoms with Gasteiger partial charge in [0.25, 0.3) is 5.91 Å². The van der Waals surface area contributed by atoms with Crippen LogP contribution in [0.5, 0.6) is 5.75 Å². The number of piperidine rings is 1. The molecule has 0 bridgehead atoms. The molecule has 1 amide bonds. The number of carbonyl (C=O) groups is 1. The van der Waals surface area contributed by atoms with Gasteiger partial charge in [-0.1, -0.05) is 22.9 Å². The molecule has 0 spiro atoms. The minimum atomic E-state index is 0.0197. The predicted octanol–water partition coefficient (Wildman–Crippen LogP) is 3.53. The van der Waals surface area contributed by atoms with Crippen molar-refractivity contribution in [1.82, 2.24) is 10.1 Å². The lowest BCUT2D eigenvalue weighted by molar-refractivity contribution is 0.0631. The second-order valence-electron chi connectivity index (χ2n) is 6.58. The van der Waals surface area contributed by atoms with Gasteiger partial charge < -0.3 is 14.2 Å². The lowest BCUT2D eigenvalue weighted by Crippen LogP contribution is -2.41. The summed E-state index contributed by atoms with van der Waals surface area (Å²) >= 11 is 0. The van der Waals surface area contributed by atoms with Gasteiger partial charge in [-0.3, -0.25) is 4.79 Å². The van der Waals surface area contributed by atoms with Gasteiger partial charge in [0.1, 0.15) is 17.1 Å². The summed E-state index contributed by atoms with van der Waals surface area (Å²) in [4.78, 5) is 14.6. The van der Waals surface area contributed by atoms with E-state index in [1.54, 1.807) is 6.92 Å². The van der Waals surface area contributed by atoms with Gasteiger partial charge >= 0.3 is 0 Å². The number of nitrogens with zero attached hydrogens (tertiary/aromatic N) is 2. The maximum Gasteiger partial charge on any atom is 0.259 e. The van der Waals surface area contributed by atoms with E-state index in [1.807, 2.05) is 36.1 Å². The largest absolute Gasteiger partial charge is 0.493 e. The second kappa shape index (κ2) is 7.07. The Kier molecular flexibility index (Phi) is 4.88. The number of rotatable bonds is 4. The Hall–Kier alpha value is -2.30. The summed E-state index contributed by atoms with van der Waals surface area (Å²) < 4.78 is 11.0. The van der Waals surface area contributed by atoms with Gasteiger partial charge in [-0.25, -0.2) is 0 Å². The monoisotopic (exact) mass is 328 g/mol. The quantitative estimate of drug-likeness (QED) is 0.861. The Bertz CT molecular complexity index is 686. The van der Waals surface area contributed by atoms with Crippen LogP contribution in [0.25, 0.3) is 0 Å². The van der Waals surface area contributed by atoms with Gasteiger partial charge in [-0.05, 0) is 45.7 Å². The zero-order chi connectivity index (χ0) is 17.1. The SMILES string of the molecule is Cc1ccc(OCC2CCCN(C(=O)c3c(C)noc3C)C2)cc1. The molecule has 1 aliphatic heterocycles. The summed E-state index contributed by atoms with van der Waals surface area (Å²) in [6, 6.07) is 8.07. The molecular weight excluding hydrogens is 304 g/mol. The minimum Gasteiger partial charge on any atom is -0.493 e. The summed E-state index contributed by atoms with van der Waals surface area (Å²) in [5.41, 5.74) is 2.49. The highest BCUT2D eigenvalue weighted by atomic mass is 16.5. The molecule has 1 atom stereocenters. The second-order valence-corrected chi connectivity index (χ2v) is 6.58. The highest BCUT2D eigenvalue weighted by Crippen LogP contribution is 2.22. The molecule has 1 unspecified atom stereocenters. The number of carbonyl (C=O) groups excluding carboxylic acids is 1. The molecule has 5 heteroatoms. The Morgan fingerprint density at radius 2 is 2.04 bits per heavy atom. The van der Waals surface area contributed by atoms with Crippen LogP contribution in [0.1, 0.15) is 40.2 Å². The molecule has 0 saturated carbocycles. The number of aromatic nitrogens is 1. The Labute approximate surface area is 142 Å². The van der Waals surface area contributed by atoms with Crippen molar-refractivity contribution in [2.75, 3.05) is 19.7 Å². The summed E-state index contributed by atoms with van der Waals surface area (Å²) in [5.74, 6) is 1.85. The van der Waals surface area contributed by atoms with Crippen LogP contribution in [-0.4, -0.2) is 35.7 Å². The van der Waals surface area contributed by atoms with E-state index in [-0.39, 0.29) is 5.91 Å². The van der Waals surface area contributed by atoms with Crippen molar-refractivity contribution >= 4 is 5.91 Å². The third-order valence-corrected chi connectivity index (χ3v) is 4.56. The molecule has 2 aromatic rings. The van der Waals surface area contributed by atoms with E-state index in [9.17, 15) is 4.79 Å². The Morgan fingerprint density at radius 3 is 2.71 bits per heavy atom. The molecule has 1 fully saturated rings. The maximum atomic E-state index is 12.7. The molecule has 0 N–H and O–H groups in total. The first-order chi connectivity index (χ1) is 11.5. The Balaban J connectivity index is 1.60. The fraction of sp³-hybridized carbons (Fsp3) is 0.474. The van der Waals surface area contributed by atoms with Gasteiger partial charge in [0.05, 0.1) is 12.3 Å². The fourth-order valence-corrected chi connectivity index (χ4v) is 3.18. The number of benzene rings is 1. The van der Waals surface area contributed by atoms with Crippen molar-refractivity contribution in [3.63, 3.8) is 0 Å². The van der Waals surface area contributed by atoms with E-state index in [0.29, 0.717) is 29.5 Å². The average Bonchev–Trinajstić information content (AvgIpc) is 2.93. The average molecular weight is 328 g/mol. The van der Waals surface area contributed by atoms with Crippen LogP contribution in [0.4, 0.5) is 0 Å². The van der Waals surface area contributed by atoms with E-state index >= 15 is 0 Å². The van der Waals surface area contributed by atoms with Gasteiger partial charge in [0.2, 0.25) is 0 Å². The van der Waals surface area contributed by atoms with Crippen molar-refractivity contribution in [3.8, 4) is 5.75 Å². The van der Waals surface area contributed by atoms with E-state index in [1.165, 1.54) is 5.56 Å². The van der Waals surface area contributed by atoms with E-state index in [0.717, 1.165) is 31.7 Å². The number of hydrogen-bond donors (Lipinski definition) is 0. The lowest BCUT2D eigenvalue weighted by Gasteiger charge is -2.32. The summed E-state index contributed by atoms with van der Waals surface area (Å²) in [5, 5.41) is 3.89.